The zero-order valence-corrected chi connectivity index (χ0v) is 10.5. The molecule has 1 fully saturated rings. The molecule has 5 heteroatoms. The van der Waals surface area contributed by atoms with E-state index in [1.54, 1.807) is 0 Å². The van der Waals surface area contributed by atoms with Crippen LogP contribution in [-0.4, -0.2) is 27.1 Å². The van der Waals surface area contributed by atoms with Gasteiger partial charge in [-0.25, -0.2) is 9.67 Å². The summed E-state index contributed by atoms with van der Waals surface area (Å²) in [6.07, 6.45) is 4.89. The van der Waals surface area contributed by atoms with Gasteiger partial charge < -0.3 is 5.32 Å². The van der Waals surface area contributed by atoms with Crippen molar-refractivity contribution in [2.24, 2.45) is 0 Å². The SMILES string of the molecule is CC1(c2nc3n(n2)CCCCS3)CCCN1. The summed E-state index contributed by atoms with van der Waals surface area (Å²) in [5.41, 5.74) is 0.0136. The van der Waals surface area contributed by atoms with E-state index in [0.717, 1.165) is 30.5 Å². The van der Waals surface area contributed by atoms with Crippen LogP contribution in [0.15, 0.2) is 5.16 Å². The van der Waals surface area contributed by atoms with Crippen molar-refractivity contribution in [3.8, 4) is 0 Å². The molecule has 0 saturated carbocycles. The number of aryl methyl sites for hydroxylation is 1. The number of hydrogen-bond donors (Lipinski definition) is 1. The van der Waals surface area contributed by atoms with Gasteiger partial charge in [0.2, 0.25) is 0 Å². The molecule has 0 amide bonds. The molecule has 1 unspecified atom stereocenters. The van der Waals surface area contributed by atoms with Crippen LogP contribution in [-0.2, 0) is 12.1 Å². The van der Waals surface area contributed by atoms with Crippen LogP contribution in [0.3, 0.4) is 0 Å². The Bertz CT molecular complexity index is 358. The number of nitrogens with zero attached hydrogens (tertiary/aromatic N) is 3. The van der Waals surface area contributed by atoms with E-state index in [1.165, 1.54) is 25.0 Å². The zero-order valence-electron chi connectivity index (χ0n) is 9.70. The first-order valence-corrected chi connectivity index (χ1v) is 7.10. The summed E-state index contributed by atoms with van der Waals surface area (Å²) in [6.45, 7) is 4.35. The molecule has 16 heavy (non-hydrogen) atoms. The smallest absolute Gasteiger partial charge is 0.186 e. The number of nitrogens with one attached hydrogen (secondary N) is 1. The summed E-state index contributed by atoms with van der Waals surface area (Å²) < 4.78 is 2.10. The molecule has 2 aliphatic heterocycles. The highest BCUT2D eigenvalue weighted by Crippen LogP contribution is 2.30. The first kappa shape index (κ1) is 10.6. The van der Waals surface area contributed by atoms with Crippen molar-refractivity contribution in [2.45, 2.75) is 49.8 Å². The van der Waals surface area contributed by atoms with Gasteiger partial charge in [0, 0.05) is 12.3 Å². The van der Waals surface area contributed by atoms with E-state index in [4.69, 9.17) is 4.98 Å². The molecule has 1 aromatic rings. The molecular weight excluding hydrogens is 220 g/mol. The molecule has 3 heterocycles. The van der Waals surface area contributed by atoms with Gasteiger partial charge in [0.25, 0.3) is 0 Å². The van der Waals surface area contributed by atoms with Gasteiger partial charge in [-0.1, -0.05) is 11.8 Å². The molecule has 0 spiro atoms. The summed E-state index contributed by atoms with van der Waals surface area (Å²) in [5.74, 6) is 2.18. The number of rotatable bonds is 1. The molecule has 1 atom stereocenters. The first-order valence-electron chi connectivity index (χ1n) is 6.11. The second kappa shape index (κ2) is 4.04. The predicted octanol–water partition coefficient (Wildman–Crippen LogP) is 1.76. The Morgan fingerprint density at radius 2 is 2.31 bits per heavy atom. The number of fused-ring (bicyclic) bond motifs is 1. The van der Waals surface area contributed by atoms with Gasteiger partial charge in [0.05, 0.1) is 5.54 Å². The highest BCUT2D eigenvalue weighted by Gasteiger charge is 2.34. The topological polar surface area (TPSA) is 42.7 Å². The molecule has 0 aromatic carbocycles. The fourth-order valence-electron chi connectivity index (χ4n) is 2.43. The Morgan fingerprint density at radius 3 is 3.12 bits per heavy atom. The van der Waals surface area contributed by atoms with Crippen LogP contribution in [0.4, 0.5) is 0 Å². The van der Waals surface area contributed by atoms with Gasteiger partial charge in [0.1, 0.15) is 0 Å². The molecule has 0 aliphatic carbocycles. The number of hydrogen-bond acceptors (Lipinski definition) is 4. The summed E-state index contributed by atoms with van der Waals surface area (Å²) in [7, 11) is 0. The minimum absolute atomic E-state index is 0.0136. The molecule has 1 aromatic heterocycles. The molecule has 2 aliphatic rings. The van der Waals surface area contributed by atoms with Crippen LogP contribution in [0.1, 0.15) is 38.4 Å². The lowest BCUT2D eigenvalue weighted by atomic mass is 10.00. The van der Waals surface area contributed by atoms with Crippen molar-refractivity contribution in [3.63, 3.8) is 0 Å². The maximum Gasteiger partial charge on any atom is 0.186 e. The Morgan fingerprint density at radius 1 is 1.38 bits per heavy atom. The lowest BCUT2D eigenvalue weighted by molar-refractivity contribution is 0.401. The Balaban J connectivity index is 1.91. The molecular formula is C11H18N4S. The number of thioether (sulfide) groups is 1. The van der Waals surface area contributed by atoms with Crippen LogP contribution in [0.25, 0.3) is 0 Å². The van der Waals surface area contributed by atoms with E-state index >= 15 is 0 Å². The molecule has 0 radical (unpaired) electrons. The zero-order chi connectivity index (χ0) is 11.0. The third-order valence-corrected chi connectivity index (χ3v) is 4.55. The van der Waals surface area contributed by atoms with Crippen LogP contribution in [0.5, 0.6) is 0 Å². The van der Waals surface area contributed by atoms with E-state index < -0.39 is 0 Å². The van der Waals surface area contributed by atoms with Gasteiger partial charge in [-0.2, -0.15) is 5.10 Å². The van der Waals surface area contributed by atoms with Crippen LogP contribution in [0.2, 0.25) is 0 Å². The normalized spacial score (nSPS) is 30.1. The average Bonchev–Trinajstić information content (AvgIpc) is 2.82. The van der Waals surface area contributed by atoms with Crippen molar-refractivity contribution in [3.05, 3.63) is 5.82 Å². The van der Waals surface area contributed by atoms with E-state index in [0.29, 0.717) is 0 Å². The minimum Gasteiger partial charge on any atom is -0.305 e. The quantitative estimate of drug-likeness (QED) is 0.809. The van der Waals surface area contributed by atoms with Crippen LogP contribution >= 0.6 is 11.8 Å². The molecule has 1 N–H and O–H groups in total. The van der Waals surface area contributed by atoms with Crippen molar-refractivity contribution < 1.29 is 0 Å². The molecule has 88 valence electrons. The van der Waals surface area contributed by atoms with Gasteiger partial charge in [-0.3, -0.25) is 0 Å². The molecule has 1 saturated heterocycles. The lowest BCUT2D eigenvalue weighted by Crippen LogP contribution is -2.34. The fraction of sp³-hybridized carbons (Fsp3) is 0.818. The summed E-state index contributed by atoms with van der Waals surface area (Å²) >= 11 is 1.85. The second-order valence-corrected chi connectivity index (χ2v) is 5.92. The molecule has 0 bridgehead atoms. The summed E-state index contributed by atoms with van der Waals surface area (Å²) in [6, 6.07) is 0. The van der Waals surface area contributed by atoms with E-state index in [1.807, 2.05) is 11.8 Å². The first-order chi connectivity index (χ1) is 7.78. The second-order valence-electron chi connectivity index (χ2n) is 4.86. The molecule has 4 nitrogen and oxygen atoms in total. The standard InChI is InChI=1S/C11H18N4S/c1-11(5-4-6-12-11)9-13-10-15(14-9)7-2-3-8-16-10/h12H,2-8H2,1H3. The maximum atomic E-state index is 4.72. The third-order valence-electron chi connectivity index (χ3n) is 3.50. The van der Waals surface area contributed by atoms with Crippen molar-refractivity contribution in [1.82, 2.24) is 20.1 Å². The maximum absolute atomic E-state index is 4.72. The highest BCUT2D eigenvalue weighted by molar-refractivity contribution is 7.99. The van der Waals surface area contributed by atoms with Gasteiger partial charge >= 0.3 is 0 Å². The summed E-state index contributed by atoms with van der Waals surface area (Å²) in [5, 5.41) is 9.33. The fourth-order valence-corrected chi connectivity index (χ4v) is 3.39. The largest absolute Gasteiger partial charge is 0.305 e. The molecule has 3 rings (SSSR count). The van der Waals surface area contributed by atoms with Crippen molar-refractivity contribution >= 4 is 11.8 Å². The van der Waals surface area contributed by atoms with Crippen LogP contribution < -0.4 is 5.32 Å². The van der Waals surface area contributed by atoms with Crippen LogP contribution in [0, 0.1) is 0 Å². The number of aromatic nitrogens is 3. The lowest BCUT2D eigenvalue weighted by Gasteiger charge is -2.19. The van der Waals surface area contributed by atoms with E-state index in [-0.39, 0.29) is 5.54 Å². The van der Waals surface area contributed by atoms with E-state index in [2.05, 4.69) is 22.0 Å². The Labute approximate surface area is 100 Å². The average molecular weight is 238 g/mol. The van der Waals surface area contributed by atoms with E-state index in [9.17, 15) is 0 Å². The van der Waals surface area contributed by atoms with Gasteiger partial charge in [0.15, 0.2) is 11.0 Å². The van der Waals surface area contributed by atoms with Gasteiger partial charge in [-0.05, 0) is 39.2 Å². The Kier molecular flexibility index (Phi) is 2.67. The summed E-state index contributed by atoms with van der Waals surface area (Å²) in [4.78, 5) is 4.72. The Hall–Kier alpha value is -0.550. The minimum atomic E-state index is 0.0136. The van der Waals surface area contributed by atoms with Crippen molar-refractivity contribution in [2.75, 3.05) is 12.3 Å². The van der Waals surface area contributed by atoms with Gasteiger partial charge in [-0.15, -0.1) is 0 Å². The van der Waals surface area contributed by atoms with Crippen molar-refractivity contribution in [1.29, 1.82) is 0 Å². The predicted molar refractivity (Wildman–Crippen MR) is 64.6 cm³/mol. The highest BCUT2D eigenvalue weighted by atomic mass is 32.2. The third kappa shape index (κ3) is 1.76. The monoisotopic (exact) mass is 238 g/mol.